The summed E-state index contributed by atoms with van der Waals surface area (Å²) >= 11 is 5.71. The standard InChI is InChI=1S/C9H9ClN2O3/c10-7-3-1-2-6(4-7)5-8(13)11-12-9(14)15/h1-4,12H,5H2,(H,11,13)(H,14,15). The monoisotopic (exact) mass is 228 g/mol. The molecule has 15 heavy (non-hydrogen) atoms. The normalized spacial score (nSPS) is 9.40. The molecule has 0 atom stereocenters. The Morgan fingerprint density at radius 3 is 2.67 bits per heavy atom. The molecule has 80 valence electrons. The zero-order valence-electron chi connectivity index (χ0n) is 7.66. The SMILES string of the molecule is O=C(O)NNC(=O)Cc1cccc(Cl)c1. The Labute approximate surface area is 91.0 Å². The van der Waals surface area contributed by atoms with Gasteiger partial charge in [-0.25, -0.2) is 10.2 Å². The lowest BCUT2D eigenvalue weighted by atomic mass is 10.1. The summed E-state index contributed by atoms with van der Waals surface area (Å²) < 4.78 is 0. The van der Waals surface area contributed by atoms with Crippen molar-refractivity contribution in [2.45, 2.75) is 6.42 Å². The van der Waals surface area contributed by atoms with E-state index in [0.717, 1.165) is 0 Å². The van der Waals surface area contributed by atoms with Gasteiger partial charge in [0.2, 0.25) is 5.91 Å². The smallest absolute Gasteiger partial charge is 0.423 e. The van der Waals surface area contributed by atoms with Gasteiger partial charge in [0, 0.05) is 5.02 Å². The molecule has 3 N–H and O–H groups in total. The van der Waals surface area contributed by atoms with E-state index in [-0.39, 0.29) is 6.42 Å². The molecule has 0 saturated heterocycles. The molecule has 0 heterocycles. The number of amides is 2. The van der Waals surface area contributed by atoms with Crippen molar-refractivity contribution < 1.29 is 14.7 Å². The van der Waals surface area contributed by atoms with Crippen LogP contribution < -0.4 is 10.9 Å². The third-order valence-corrected chi connectivity index (χ3v) is 1.80. The number of hydrogen-bond donors (Lipinski definition) is 3. The van der Waals surface area contributed by atoms with Gasteiger partial charge in [-0.05, 0) is 17.7 Å². The van der Waals surface area contributed by atoms with Crippen molar-refractivity contribution in [3.8, 4) is 0 Å². The maximum absolute atomic E-state index is 11.1. The zero-order valence-corrected chi connectivity index (χ0v) is 8.41. The molecule has 0 saturated carbocycles. The minimum absolute atomic E-state index is 0.0703. The Morgan fingerprint density at radius 1 is 1.33 bits per heavy atom. The van der Waals surface area contributed by atoms with Crippen LogP contribution in [-0.2, 0) is 11.2 Å². The Kier molecular flexibility index (Phi) is 3.93. The fraction of sp³-hybridized carbons (Fsp3) is 0.111. The van der Waals surface area contributed by atoms with Crippen LogP contribution in [0.3, 0.4) is 0 Å². The van der Waals surface area contributed by atoms with Crippen molar-refractivity contribution in [2.24, 2.45) is 0 Å². The first-order valence-corrected chi connectivity index (χ1v) is 4.48. The highest BCUT2D eigenvalue weighted by Crippen LogP contribution is 2.10. The molecular formula is C9H9ClN2O3. The number of hydrazine groups is 1. The molecule has 2 amide bonds. The van der Waals surface area contributed by atoms with Gasteiger partial charge < -0.3 is 5.11 Å². The summed E-state index contributed by atoms with van der Waals surface area (Å²) in [6, 6.07) is 6.78. The summed E-state index contributed by atoms with van der Waals surface area (Å²) in [6.45, 7) is 0. The summed E-state index contributed by atoms with van der Waals surface area (Å²) in [5, 5.41) is 8.76. The average molecular weight is 229 g/mol. The molecule has 0 aromatic heterocycles. The fourth-order valence-electron chi connectivity index (χ4n) is 1.000. The topological polar surface area (TPSA) is 78.4 Å². The Hall–Kier alpha value is -1.75. The molecule has 6 heteroatoms. The molecule has 0 unspecified atom stereocenters. The van der Waals surface area contributed by atoms with Crippen LogP contribution in [0, 0.1) is 0 Å². The quantitative estimate of drug-likeness (QED) is 0.665. The van der Waals surface area contributed by atoms with E-state index in [9.17, 15) is 9.59 Å². The van der Waals surface area contributed by atoms with Gasteiger partial charge >= 0.3 is 6.09 Å². The van der Waals surface area contributed by atoms with Gasteiger partial charge in [0.1, 0.15) is 0 Å². The number of rotatable bonds is 2. The van der Waals surface area contributed by atoms with Gasteiger partial charge in [-0.3, -0.25) is 10.2 Å². The summed E-state index contributed by atoms with van der Waals surface area (Å²) in [5.41, 5.74) is 4.50. The van der Waals surface area contributed by atoms with Crippen LogP contribution in [0.1, 0.15) is 5.56 Å². The van der Waals surface area contributed by atoms with E-state index in [0.29, 0.717) is 10.6 Å². The van der Waals surface area contributed by atoms with Crippen molar-refractivity contribution in [3.05, 3.63) is 34.9 Å². The second-order valence-electron chi connectivity index (χ2n) is 2.79. The van der Waals surface area contributed by atoms with Gasteiger partial charge in [-0.2, -0.15) is 0 Å². The number of carbonyl (C=O) groups excluding carboxylic acids is 1. The Morgan fingerprint density at radius 2 is 2.07 bits per heavy atom. The van der Waals surface area contributed by atoms with E-state index in [4.69, 9.17) is 16.7 Å². The predicted molar refractivity (Wildman–Crippen MR) is 54.5 cm³/mol. The number of hydrogen-bond acceptors (Lipinski definition) is 2. The summed E-state index contributed by atoms with van der Waals surface area (Å²) in [4.78, 5) is 21.2. The summed E-state index contributed by atoms with van der Waals surface area (Å²) in [5.74, 6) is -0.445. The van der Waals surface area contributed by atoms with Crippen molar-refractivity contribution in [3.63, 3.8) is 0 Å². The third kappa shape index (κ3) is 4.33. The lowest BCUT2D eigenvalue weighted by molar-refractivity contribution is -0.121. The second-order valence-corrected chi connectivity index (χ2v) is 3.22. The van der Waals surface area contributed by atoms with E-state index >= 15 is 0 Å². The van der Waals surface area contributed by atoms with E-state index in [1.165, 1.54) is 0 Å². The highest BCUT2D eigenvalue weighted by molar-refractivity contribution is 6.30. The number of carboxylic acid groups (broad SMARTS) is 1. The first-order chi connectivity index (χ1) is 7.08. The molecule has 0 aliphatic rings. The van der Waals surface area contributed by atoms with E-state index < -0.39 is 12.0 Å². The third-order valence-electron chi connectivity index (χ3n) is 1.56. The first kappa shape index (κ1) is 11.3. The van der Waals surface area contributed by atoms with Crippen molar-refractivity contribution in [1.29, 1.82) is 0 Å². The van der Waals surface area contributed by atoms with Crippen molar-refractivity contribution in [2.75, 3.05) is 0 Å². The zero-order chi connectivity index (χ0) is 11.3. The molecule has 0 aliphatic carbocycles. The molecule has 1 aromatic carbocycles. The second kappa shape index (κ2) is 5.21. The molecule has 0 fully saturated rings. The lowest BCUT2D eigenvalue weighted by Gasteiger charge is -2.04. The largest absolute Gasteiger partial charge is 0.464 e. The fourth-order valence-corrected chi connectivity index (χ4v) is 1.21. The molecule has 1 aromatic rings. The van der Waals surface area contributed by atoms with Crippen LogP contribution in [0.25, 0.3) is 0 Å². The van der Waals surface area contributed by atoms with Crippen molar-refractivity contribution in [1.82, 2.24) is 10.9 Å². The van der Waals surface area contributed by atoms with Crippen LogP contribution in [0.15, 0.2) is 24.3 Å². The molecular weight excluding hydrogens is 220 g/mol. The Balaban J connectivity index is 2.48. The molecule has 0 radical (unpaired) electrons. The van der Waals surface area contributed by atoms with E-state index in [1.807, 2.05) is 5.43 Å². The van der Waals surface area contributed by atoms with Gasteiger partial charge in [0.05, 0.1) is 6.42 Å². The summed E-state index contributed by atoms with van der Waals surface area (Å²) in [7, 11) is 0. The van der Waals surface area contributed by atoms with E-state index in [1.54, 1.807) is 29.7 Å². The molecule has 0 aliphatic heterocycles. The first-order valence-electron chi connectivity index (χ1n) is 4.10. The molecule has 0 bridgehead atoms. The van der Waals surface area contributed by atoms with Gasteiger partial charge in [-0.1, -0.05) is 23.7 Å². The van der Waals surface area contributed by atoms with Crippen LogP contribution in [0.4, 0.5) is 4.79 Å². The minimum atomic E-state index is -1.31. The number of halogens is 1. The number of carbonyl (C=O) groups is 2. The average Bonchev–Trinajstić information content (AvgIpc) is 2.15. The van der Waals surface area contributed by atoms with Crippen LogP contribution in [0.2, 0.25) is 5.02 Å². The van der Waals surface area contributed by atoms with Crippen molar-refractivity contribution >= 4 is 23.6 Å². The minimum Gasteiger partial charge on any atom is -0.464 e. The summed E-state index contributed by atoms with van der Waals surface area (Å²) in [6.07, 6.45) is -1.24. The Bertz CT molecular complexity index is 381. The van der Waals surface area contributed by atoms with E-state index in [2.05, 4.69) is 0 Å². The van der Waals surface area contributed by atoms with Crippen LogP contribution in [0.5, 0.6) is 0 Å². The lowest BCUT2D eigenvalue weighted by Crippen LogP contribution is -2.41. The maximum Gasteiger partial charge on any atom is 0.423 e. The molecule has 5 nitrogen and oxygen atoms in total. The molecule has 0 spiro atoms. The number of nitrogens with one attached hydrogen (secondary N) is 2. The van der Waals surface area contributed by atoms with Gasteiger partial charge in [0.25, 0.3) is 0 Å². The number of benzene rings is 1. The van der Waals surface area contributed by atoms with Gasteiger partial charge in [-0.15, -0.1) is 0 Å². The molecule has 1 rings (SSSR count). The maximum atomic E-state index is 11.1. The van der Waals surface area contributed by atoms with Gasteiger partial charge in [0.15, 0.2) is 0 Å². The van der Waals surface area contributed by atoms with Crippen LogP contribution >= 0.6 is 11.6 Å². The van der Waals surface area contributed by atoms with Crippen LogP contribution in [-0.4, -0.2) is 17.1 Å². The highest BCUT2D eigenvalue weighted by atomic mass is 35.5. The predicted octanol–water partition coefficient (Wildman–Crippen LogP) is 1.18. The highest BCUT2D eigenvalue weighted by Gasteiger charge is 2.04.